The Morgan fingerprint density at radius 2 is 1.88 bits per heavy atom. The van der Waals surface area contributed by atoms with Gasteiger partial charge in [-0.2, -0.15) is 5.10 Å². The maximum absolute atomic E-state index is 12.3. The third kappa shape index (κ3) is 5.45. The topological polar surface area (TPSA) is 76.0 Å². The Bertz CT molecular complexity index is 696. The molecule has 1 heterocycles. The molecule has 0 aliphatic rings. The average molecular weight is 342 g/mol. The SMILES string of the molecule is CC[C@H](NC(=O)C[C@@H](C)NC(=O)c1ccccc1)c1cnn(CC)c1. The second kappa shape index (κ2) is 9.01. The minimum atomic E-state index is -0.247. The highest BCUT2D eigenvalue weighted by Crippen LogP contribution is 2.16. The lowest BCUT2D eigenvalue weighted by atomic mass is 10.1. The molecule has 25 heavy (non-hydrogen) atoms. The van der Waals surface area contributed by atoms with Crippen LogP contribution in [0.2, 0.25) is 0 Å². The number of nitrogens with zero attached hydrogens (tertiary/aromatic N) is 2. The van der Waals surface area contributed by atoms with E-state index in [9.17, 15) is 9.59 Å². The van der Waals surface area contributed by atoms with Crippen molar-refractivity contribution in [1.29, 1.82) is 0 Å². The molecule has 6 nitrogen and oxygen atoms in total. The van der Waals surface area contributed by atoms with Crippen LogP contribution in [0.1, 0.15) is 55.6 Å². The molecule has 0 spiro atoms. The van der Waals surface area contributed by atoms with Crippen LogP contribution in [0.4, 0.5) is 0 Å². The van der Waals surface area contributed by atoms with Gasteiger partial charge in [0.1, 0.15) is 0 Å². The minimum absolute atomic E-state index is 0.0650. The highest BCUT2D eigenvalue weighted by Gasteiger charge is 2.17. The average Bonchev–Trinajstić information content (AvgIpc) is 3.09. The Labute approximate surface area is 148 Å². The van der Waals surface area contributed by atoms with E-state index in [0.717, 1.165) is 18.5 Å². The Morgan fingerprint density at radius 1 is 1.16 bits per heavy atom. The van der Waals surface area contributed by atoms with E-state index >= 15 is 0 Å². The summed E-state index contributed by atoms with van der Waals surface area (Å²) in [4.78, 5) is 24.4. The minimum Gasteiger partial charge on any atom is -0.349 e. The monoisotopic (exact) mass is 342 g/mol. The van der Waals surface area contributed by atoms with Crippen molar-refractivity contribution in [2.75, 3.05) is 0 Å². The standard InChI is InChI=1S/C19H26N4O2/c1-4-17(16-12-20-23(5-2)13-16)22-18(24)11-14(3)21-19(25)15-9-7-6-8-10-15/h6-10,12-14,17H,4-5,11H2,1-3H3,(H,21,25)(H,22,24)/t14-,17+/m1/s1. The zero-order valence-electron chi connectivity index (χ0n) is 15.0. The van der Waals surface area contributed by atoms with E-state index in [1.807, 2.05) is 49.8 Å². The molecule has 2 rings (SSSR count). The van der Waals surface area contributed by atoms with Gasteiger partial charge >= 0.3 is 0 Å². The molecular formula is C19H26N4O2. The van der Waals surface area contributed by atoms with E-state index in [4.69, 9.17) is 0 Å². The lowest BCUT2D eigenvalue weighted by Crippen LogP contribution is -2.38. The Balaban J connectivity index is 1.86. The van der Waals surface area contributed by atoms with Crippen molar-refractivity contribution in [2.45, 2.75) is 52.2 Å². The summed E-state index contributed by atoms with van der Waals surface area (Å²) >= 11 is 0. The Kier molecular flexibility index (Phi) is 6.74. The zero-order chi connectivity index (χ0) is 18.2. The number of rotatable bonds is 8. The Hall–Kier alpha value is -2.63. The number of amides is 2. The molecule has 0 radical (unpaired) electrons. The molecule has 1 aromatic carbocycles. The first kappa shape index (κ1) is 18.7. The van der Waals surface area contributed by atoms with Crippen LogP contribution in [0.3, 0.4) is 0 Å². The first-order chi connectivity index (χ1) is 12.0. The number of hydrogen-bond donors (Lipinski definition) is 2. The summed E-state index contributed by atoms with van der Waals surface area (Å²) in [5.74, 6) is -0.255. The molecule has 1 aromatic heterocycles. The van der Waals surface area contributed by atoms with E-state index in [-0.39, 0.29) is 30.3 Å². The van der Waals surface area contributed by atoms with Crippen molar-refractivity contribution in [3.63, 3.8) is 0 Å². The zero-order valence-corrected chi connectivity index (χ0v) is 15.0. The summed E-state index contributed by atoms with van der Waals surface area (Å²) in [5, 5.41) is 10.1. The van der Waals surface area contributed by atoms with Gasteiger partial charge in [0, 0.05) is 36.3 Å². The molecule has 0 saturated carbocycles. The van der Waals surface area contributed by atoms with Gasteiger partial charge in [0.2, 0.25) is 5.91 Å². The summed E-state index contributed by atoms with van der Waals surface area (Å²) in [6.45, 7) is 6.67. The summed E-state index contributed by atoms with van der Waals surface area (Å²) in [7, 11) is 0. The van der Waals surface area contributed by atoms with E-state index in [0.29, 0.717) is 5.56 Å². The predicted molar refractivity (Wildman–Crippen MR) is 97.1 cm³/mol. The smallest absolute Gasteiger partial charge is 0.251 e. The van der Waals surface area contributed by atoms with Crippen molar-refractivity contribution in [3.8, 4) is 0 Å². The number of nitrogens with one attached hydrogen (secondary N) is 2. The molecule has 0 aliphatic heterocycles. The van der Waals surface area contributed by atoms with Crippen molar-refractivity contribution in [2.24, 2.45) is 0 Å². The number of carbonyl (C=O) groups is 2. The number of hydrogen-bond acceptors (Lipinski definition) is 3. The number of aromatic nitrogens is 2. The van der Waals surface area contributed by atoms with E-state index in [1.54, 1.807) is 18.3 Å². The quantitative estimate of drug-likeness (QED) is 0.774. The van der Waals surface area contributed by atoms with E-state index in [1.165, 1.54) is 0 Å². The van der Waals surface area contributed by atoms with Gasteiger partial charge in [-0.3, -0.25) is 14.3 Å². The fourth-order valence-electron chi connectivity index (χ4n) is 2.63. The summed E-state index contributed by atoms with van der Waals surface area (Å²) in [6.07, 6.45) is 4.76. The fourth-order valence-corrected chi connectivity index (χ4v) is 2.63. The van der Waals surface area contributed by atoms with Crippen LogP contribution in [-0.2, 0) is 11.3 Å². The van der Waals surface area contributed by atoms with E-state index < -0.39 is 0 Å². The van der Waals surface area contributed by atoms with Gasteiger partial charge in [0.05, 0.1) is 12.2 Å². The van der Waals surface area contributed by atoms with Crippen LogP contribution < -0.4 is 10.6 Å². The van der Waals surface area contributed by atoms with Gasteiger partial charge in [0.25, 0.3) is 5.91 Å². The lowest BCUT2D eigenvalue weighted by Gasteiger charge is -2.18. The van der Waals surface area contributed by atoms with Gasteiger partial charge in [0.15, 0.2) is 0 Å². The first-order valence-electron chi connectivity index (χ1n) is 8.71. The van der Waals surface area contributed by atoms with Gasteiger partial charge in [-0.05, 0) is 32.4 Å². The largest absolute Gasteiger partial charge is 0.349 e. The summed E-state index contributed by atoms with van der Waals surface area (Å²) in [6, 6.07) is 8.68. The molecule has 2 N–H and O–H groups in total. The highest BCUT2D eigenvalue weighted by molar-refractivity contribution is 5.94. The van der Waals surface area contributed by atoms with Crippen LogP contribution in [0.15, 0.2) is 42.7 Å². The Morgan fingerprint density at radius 3 is 2.48 bits per heavy atom. The van der Waals surface area contributed by atoms with Crippen LogP contribution in [0.5, 0.6) is 0 Å². The van der Waals surface area contributed by atoms with Crippen molar-refractivity contribution in [3.05, 3.63) is 53.9 Å². The second-order valence-electron chi connectivity index (χ2n) is 6.10. The highest BCUT2D eigenvalue weighted by atomic mass is 16.2. The first-order valence-corrected chi connectivity index (χ1v) is 8.71. The third-order valence-electron chi connectivity index (χ3n) is 4.03. The summed E-state index contributed by atoms with van der Waals surface area (Å²) < 4.78 is 1.84. The van der Waals surface area contributed by atoms with Crippen molar-refractivity contribution < 1.29 is 9.59 Å². The van der Waals surface area contributed by atoms with E-state index in [2.05, 4.69) is 15.7 Å². The lowest BCUT2D eigenvalue weighted by molar-refractivity contribution is -0.122. The van der Waals surface area contributed by atoms with Gasteiger partial charge < -0.3 is 10.6 Å². The molecule has 0 aliphatic carbocycles. The van der Waals surface area contributed by atoms with Crippen LogP contribution >= 0.6 is 0 Å². The molecule has 2 atom stereocenters. The van der Waals surface area contributed by atoms with Gasteiger partial charge in [-0.1, -0.05) is 25.1 Å². The maximum atomic E-state index is 12.3. The molecule has 0 unspecified atom stereocenters. The number of aryl methyl sites for hydroxylation is 1. The maximum Gasteiger partial charge on any atom is 0.251 e. The van der Waals surface area contributed by atoms with Crippen LogP contribution in [-0.4, -0.2) is 27.6 Å². The van der Waals surface area contributed by atoms with Gasteiger partial charge in [-0.25, -0.2) is 0 Å². The van der Waals surface area contributed by atoms with Crippen LogP contribution in [0, 0.1) is 0 Å². The fraction of sp³-hybridized carbons (Fsp3) is 0.421. The molecular weight excluding hydrogens is 316 g/mol. The molecule has 2 aromatic rings. The molecule has 0 bridgehead atoms. The van der Waals surface area contributed by atoms with Crippen LogP contribution in [0.25, 0.3) is 0 Å². The molecule has 0 saturated heterocycles. The second-order valence-corrected chi connectivity index (χ2v) is 6.10. The van der Waals surface area contributed by atoms with Crippen molar-refractivity contribution in [1.82, 2.24) is 20.4 Å². The normalized spacial score (nSPS) is 13.1. The molecule has 0 fully saturated rings. The van der Waals surface area contributed by atoms with Gasteiger partial charge in [-0.15, -0.1) is 0 Å². The number of carbonyl (C=O) groups excluding carboxylic acids is 2. The summed E-state index contributed by atoms with van der Waals surface area (Å²) in [5.41, 5.74) is 1.59. The molecule has 2 amide bonds. The predicted octanol–water partition coefficient (Wildman–Crippen LogP) is 2.68. The molecule has 6 heteroatoms. The molecule has 134 valence electrons. The van der Waals surface area contributed by atoms with Crippen molar-refractivity contribution >= 4 is 11.8 Å². The number of benzene rings is 1. The third-order valence-corrected chi connectivity index (χ3v) is 4.03.